The summed E-state index contributed by atoms with van der Waals surface area (Å²) in [6.07, 6.45) is 0. The third kappa shape index (κ3) is 3.54. The van der Waals surface area contributed by atoms with Crippen LogP contribution in [0.4, 0.5) is 0 Å². The van der Waals surface area contributed by atoms with Gasteiger partial charge in [-0.25, -0.2) is 0 Å². The third-order valence-corrected chi connectivity index (χ3v) is 5.45. The topological polar surface area (TPSA) is 48.0 Å². The van der Waals surface area contributed by atoms with Crippen LogP contribution >= 0.6 is 11.8 Å². The summed E-state index contributed by atoms with van der Waals surface area (Å²) in [4.78, 5) is 14.3. The highest BCUT2D eigenvalue weighted by Crippen LogP contribution is 2.41. The number of nitrogens with zero attached hydrogens (tertiary/aromatic N) is 1. The highest BCUT2D eigenvalue weighted by molar-refractivity contribution is 8.00. The molecule has 1 atom stereocenters. The Bertz CT molecular complexity index is 748. The van der Waals surface area contributed by atoms with Gasteiger partial charge in [0.15, 0.2) is 11.5 Å². The zero-order valence-corrected chi connectivity index (χ0v) is 15.3. The fourth-order valence-electron chi connectivity index (χ4n) is 2.93. The van der Waals surface area contributed by atoms with Crippen molar-refractivity contribution in [3.05, 3.63) is 53.6 Å². The van der Waals surface area contributed by atoms with Gasteiger partial charge in [-0.2, -0.15) is 0 Å². The first-order valence-electron chi connectivity index (χ1n) is 7.92. The van der Waals surface area contributed by atoms with Crippen LogP contribution in [-0.2, 0) is 11.3 Å². The quantitative estimate of drug-likeness (QED) is 0.790. The van der Waals surface area contributed by atoms with E-state index in [1.165, 1.54) is 0 Å². The lowest BCUT2D eigenvalue weighted by Gasteiger charge is -2.25. The first-order valence-corrected chi connectivity index (χ1v) is 8.97. The zero-order valence-electron chi connectivity index (χ0n) is 14.5. The maximum Gasteiger partial charge on any atom is 0.234 e. The summed E-state index contributed by atoms with van der Waals surface area (Å²) >= 11 is 1.63. The van der Waals surface area contributed by atoms with Crippen LogP contribution in [0, 0.1) is 0 Å². The molecule has 6 heteroatoms. The van der Waals surface area contributed by atoms with Gasteiger partial charge in [0.05, 0.1) is 33.6 Å². The van der Waals surface area contributed by atoms with Gasteiger partial charge in [0, 0.05) is 5.56 Å². The van der Waals surface area contributed by atoms with Crippen molar-refractivity contribution in [3.8, 4) is 17.2 Å². The lowest BCUT2D eigenvalue weighted by molar-refractivity contribution is -0.128. The van der Waals surface area contributed by atoms with Crippen LogP contribution in [0.25, 0.3) is 0 Å². The maximum absolute atomic E-state index is 12.4. The first kappa shape index (κ1) is 17.5. The Hall–Kier alpha value is -2.34. The van der Waals surface area contributed by atoms with Gasteiger partial charge < -0.3 is 19.1 Å². The van der Waals surface area contributed by atoms with Gasteiger partial charge in [-0.1, -0.05) is 24.3 Å². The molecule has 1 aliphatic rings. The molecular weight excluding hydrogens is 338 g/mol. The van der Waals surface area contributed by atoms with Crippen molar-refractivity contribution in [2.75, 3.05) is 27.1 Å². The normalized spacial score (nSPS) is 16.8. The van der Waals surface area contributed by atoms with Crippen molar-refractivity contribution >= 4 is 17.7 Å². The molecular formula is C19H21NO4S. The number of amides is 1. The van der Waals surface area contributed by atoms with E-state index in [2.05, 4.69) is 0 Å². The number of carbonyl (C=O) groups excluding carboxylic acids is 1. The highest BCUT2D eigenvalue weighted by Gasteiger charge is 2.33. The van der Waals surface area contributed by atoms with E-state index in [4.69, 9.17) is 14.2 Å². The molecule has 0 radical (unpaired) electrons. The summed E-state index contributed by atoms with van der Waals surface area (Å²) in [5, 5.41) is -0.0192. The van der Waals surface area contributed by atoms with Crippen LogP contribution in [0.15, 0.2) is 42.5 Å². The van der Waals surface area contributed by atoms with Gasteiger partial charge in [0.25, 0.3) is 0 Å². The number of carbonyl (C=O) groups is 1. The minimum Gasteiger partial charge on any atom is -0.497 e. The highest BCUT2D eigenvalue weighted by atomic mass is 32.2. The standard InChI is InChI=1S/C19H21NO4S/c1-22-15-9-7-13(8-10-15)19-20(17(21)12-25-19)11-14-5-4-6-16(23-2)18(14)24-3/h4-10,19H,11-12H2,1-3H3. The van der Waals surface area contributed by atoms with E-state index < -0.39 is 0 Å². The smallest absolute Gasteiger partial charge is 0.234 e. The summed E-state index contributed by atoms with van der Waals surface area (Å²) in [6, 6.07) is 13.6. The van der Waals surface area contributed by atoms with Gasteiger partial charge >= 0.3 is 0 Å². The molecule has 1 saturated heterocycles. The number of ether oxygens (including phenoxy) is 3. The number of hydrogen-bond acceptors (Lipinski definition) is 5. The lowest BCUT2D eigenvalue weighted by atomic mass is 10.1. The van der Waals surface area contributed by atoms with Crippen molar-refractivity contribution in [2.24, 2.45) is 0 Å². The summed E-state index contributed by atoms with van der Waals surface area (Å²) in [5.41, 5.74) is 2.01. The molecule has 0 saturated carbocycles. The van der Waals surface area contributed by atoms with E-state index in [9.17, 15) is 4.79 Å². The van der Waals surface area contributed by atoms with Crippen LogP contribution < -0.4 is 14.2 Å². The van der Waals surface area contributed by atoms with Crippen molar-refractivity contribution < 1.29 is 19.0 Å². The maximum atomic E-state index is 12.4. The summed E-state index contributed by atoms with van der Waals surface area (Å²) in [7, 11) is 4.87. The second-order valence-electron chi connectivity index (χ2n) is 5.61. The van der Waals surface area contributed by atoms with Crippen molar-refractivity contribution in [2.45, 2.75) is 11.9 Å². The molecule has 2 aromatic rings. The molecule has 1 aliphatic heterocycles. The Kier molecular flexibility index (Phi) is 5.38. The third-order valence-electron chi connectivity index (χ3n) is 4.19. The predicted octanol–water partition coefficient (Wildman–Crippen LogP) is 3.49. The van der Waals surface area contributed by atoms with Crippen LogP contribution in [0.2, 0.25) is 0 Å². The van der Waals surface area contributed by atoms with Crippen molar-refractivity contribution in [1.29, 1.82) is 0 Å². The van der Waals surface area contributed by atoms with Crippen LogP contribution in [0.3, 0.4) is 0 Å². The average molecular weight is 359 g/mol. The fourth-order valence-corrected chi connectivity index (χ4v) is 4.12. The molecule has 0 aromatic heterocycles. The lowest BCUT2D eigenvalue weighted by Crippen LogP contribution is -2.27. The summed E-state index contributed by atoms with van der Waals surface area (Å²) in [6.45, 7) is 0.475. The molecule has 1 fully saturated rings. The Labute approximate surface area is 151 Å². The molecule has 2 aromatic carbocycles. The van der Waals surface area contributed by atoms with Gasteiger partial charge in [-0.3, -0.25) is 4.79 Å². The Balaban J connectivity index is 1.88. The van der Waals surface area contributed by atoms with Gasteiger partial charge in [-0.05, 0) is 23.8 Å². The monoisotopic (exact) mass is 359 g/mol. The molecule has 5 nitrogen and oxygen atoms in total. The van der Waals surface area contributed by atoms with Crippen LogP contribution in [0.5, 0.6) is 17.2 Å². The number of hydrogen-bond donors (Lipinski definition) is 0. The Morgan fingerprint density at radius 3 is 2.44 bits per heavy atom. The summed E-state index contributed by atoms with van der Waals surface area (Å²) < 4.78 is 16.1. The second kappa shape index (κ2) is 7.70. The largest absolute Gasteiger partial charge is 0.497 e. The Morgan fingerprint density at radius 1 is 1.04 bits per heavy atom. The summed E-state index contributed by atoms with van der Waals surface area (Å²) in [5.74, 6) is 2.74. The zero-order chi connectivity index (χ0) is 17.8. The van der Waals surface area contributed by atoms with Crippen molar-refractivity contribution in [1.82, 2.24) is 4.90 Å². The molecule has 1 amide bonds. The number of benzene rings is 2. The molecule has 0 spiro atoms. The van der Waals surface area contributed by atoms with Gasteiger partial charge in [0.1, 0.15) is 11.1 Å². The second-order valence-corrected chi connectivity index (χ2v) is 6.68. The number of thioether (sulfide) groups is 1. The molecule has 25 heavy (non-hydrogen) atoms. The van der Waals surface area contributed by atoms with Gasteiger partial charge in [-0.15, -0.1) is 11.8 Å². The van der Waals surface area contributed by atoms with E-state index in [1.807, 2.05) is 47.4 Å². The SMILES string of the molecule is COc1ccc(C2SCC(=O)N2Cc2cccc(OC)c2OC)cc1. The first-order chi connectivity index (χ1) is 12.2. The van der Waals surface area contributed by atoms with Crippen LogP contribution in [-0.4, -0.2) is 37.9 Å². The van der Waals surface area contributed by atoms with Crippen molar-refractivity contribution in [3.63, 3.8) is 0 Å². The van der Waals surface area contributed by atoms with E-state index in [0.717, 1.165) is 16.9 Å². The minimum atomic E-state index is -0.0192. The molecule has 1 unspecified atom stereocenters. The fraction of sp³-hybridized carbons (Fsp3) is 0.316. The Morgan fingerprint density at radius 2 is 1.80 bits per heavy atom. The molecule has 0 aliphatic carbocycles. The number of para-hydroxylation sites is 1. The van der Waals surface area contributed by atoms with E-state index in [1.54, 1.807) is 33.1 Å². The molecule has 1 heterocycles. The molecule has 3 rings (SSSR count). The van der Waals surface area contributed by atoms with E-state index in [-0.39, 0.29) is 11.3 Å². The minimum absolute atomic E-state index is 0.0192. The molecule has 0 bridgehead atoms. The molecule has 132 valence electrons. The van der Waals surface area contributed by atoms with Crippen LogP contribution in [0.1, 0.15) is 16.5 Å². The van der Waals surface area contributed by atoms with Gasteiger partial charge in [0.2, 0.25) is 5.91 Å². The number of methoxy groups -OCH3 is 3. The van der Waals surface area contributed by atoms with E-state index in [0.29, 0.717) is 23.8 Å². The number of rotatable bonds is 6. The molecule has 0 N–H and O–H groups in total. The average Bonchev–Trinajstić information content (AvgIpc) is 3.02. The predicted molar refractivity (Wildman–Crippen MR) is 98.3 cm³/mol. The van der Waals surface area contributed by atoms with E-state index >= 15 is 0 Å².